The lowest BCUT2D eigenvalue weighted by atomic mass is 9.80. The van der Waals surface area contributed by atoms with Crippen LogP contribution in [0.15, 0.2) is 60.7 Å². The summed E-state index contributed by atoms with van der Waals surface area (Å²) in [7, 11) is 7.89. The van der Waals surface area contributed by atoms with Gasteiger partial charge in [-0.1, -0.05) is 24.3 Å². The van der Waals surface area contributed by atoms with Crippen LogP contribution in [-0.4, -0.2) is 52.4 Å². The maximum Gasteiger partial charge on any atom is 0.336 e. The number of benzene rings is 3. The van der Waals surface area contributed by atoms with Gasteiger partial charge in [-0.25, -0.2) is 4.79 Å². The number of hydrogen-bond donors (Lipinski definition) is 1. The number of carboxylic acid groups (broad SMARTS) is 1. The van der Waals surface area contributed by atoms with Crippen LogP contribution in [0.1, 0.15) is 52.4 Å². The third kappa shape index (κ3) is 5.19. The van der Waals surface area contributed by atoms with Crippen LogP contribution >= 0.6 is 0 Å². The van der Waals surface area contributed by atoms with Crippen LogP contribution in [0, 0.1) is 6.92 Å². The van der Waals surface area contributed by atoms with Gasteiger partial charge in [-0.05, 0) is 79.4 Å². The molecule has 34 heavy (non-hydrogen) atoms. The molecule has 1 atom stereocenters. The van der Waals surface area contributed by atoms with Crippen molar-refractivity contribution >= 4 is 23.0 Å². The zero-order chi connectivity index (χ0) is 25.0. The number of aromatic carboxylic acids is 1. The number of anilines is 3. The summed E-state index contributed by atoms with van der Waals surface area (Å²) >= 11 is 0. The molecule has 0 aliphatic carbocycles. The van der Waals surface area contributed by atoms with Crippen molar-refractivity contribution in [3.8, 4) is 0 Å². The molecule has 0 aliphatic heterocycles. The molecule has 1 unspecified atom stereocenters. The lowest BCUT2D eigenvalue weighted by Gasteiger charge is -2.27. The van der Waals surface area contributed by atoms with Gasteiger partial charge in [-0.15, -0.1) is 0 Å². The molecule has 0 bridgehead atoms. The van der Waals surface area contributed by atoms with Gasteiger partial charge in [0.25, 0.3) is 0 Å². The van der Waals surface area contributed by atoms with E-state index in [1.165, 1.54) is 5.69 Å². The summed E-state index contributed by atoms with van der Waals surface area (Å²) in [6.45, 7) is 8.33. The summed E-state index contributed by atoms with van der Waals surface area (Å²) in [5.74, 6) is -1.10. The summed E-state index contributed by atoms with van der Waals surface area (Å²) in [4.78, 5) is 18.7. The summed E-state index contributed by atoms with van der Waals surface area (Å²) in [5.41, 5.74) is 7.65. The fourth-order valence-electron chi connectivity index (χ4n) is 4.52. The quantitative estimate of drug-likeness (QED) is 0.407. The molecule has 0 saturated carbocycles. The van der Waals surface area contributed by atoms with E-state index in [0.717, 1.165) is 46.7 Å². The van der Waals surface area contributed by atoms with E-state index in [4.69, 9.17) is 0 Å². The first kappa shape index (κ1) is 25.2. The first-order chi connectivity index (χ1) is 16.2. The van der Waals surface area contributed by atoms with Crippen molar-refractivity contribution in [3.05, 3.63) is 88.5 Å². The van der Waals surface area contributed by atoms with E-state index in [0.29, 0.717) is 5.56 Å². The monoisotopic (exact) mass is 459 g/mol. The number of nitrogens with zero attached hydrogens (tertiary/aromatic N) is 3. The van der Waals surface area contributed by atoms with Gasteiger partial charge in [-0.3, -0.25) is 0 Å². The van der Waals surface area contributed by atoms with Crippen molar-refractivity contribution in [2.75, 3.05) is 56.0 Å². The van der Waals surface area contributed by atoms with Crippen molar-refractivity contribution in [2.24, 2.45) is 0 Å². The first-order valence-corrected chi connectivity index (χ1v) is 11.8. The van der Waals surface area contributed by atoms with Gasteiger partial charge in [0.05, 0.1) is 5.56 Å². The Morgan fingerprint density at radius 3 is 1.79 bits per heavy atom. The summed E-state index contributed by atoms with van der Waals surface area (Å²) in [6.07, 6.45) is 0. The molecule has 1 N–H and O–H groups in total. The van der Waals surface area contributed by atoms with Crippen LogP contribution in [0.5, 0.6) is 0 Å². The molecule has 5 nitrogen and oxygen atoms in total. The van der Waals surface area contributed by atoms with Gasteiger partial charge >= 0.3 is 5.97 Å². The van der Waals surface area contributed by atoms with Crippen molar-refractivity contribution in [2.45, 2.75) is 26.7 Å². The van der Waals surface area contributed by atoms with Crippen LogP contribution in [0.3, 0.4) is 0 Å². The Bertz CT molecular complexity index is 1130. The van der Waals surface area contributed by atoms with Gasteiger partial charge < -0.3 is 19.8 Å². The highest BCUT2D eigenvalue weighted by Crippen LogP contribution is 2.38. The van der Waals surface area contributed by atoms with Crippen molar-refractivity contribution in [3.63, 3.8) is 0 Å². The number of carboxylic acids is 1. The average Bonchev–Trinajstić information content (AvgIpc) is 2.81. The second-order valence-corrected chi connectivity index (χ2v) is 9.10. The highest BCUT2D eigenvalue weighted by atomic mass is 16.4. The molecule has 180 valence electrons. The molecule has 0 fully saturated rings. The van der Waals surface area contributed by atoms with Crippen molar-refractivity contribution in [1.29, 1.82) is 0 Å². The molecule has 0 radical (unpaired) electrons. The maximum atomic E-state index is 12.4. The topological polar surface area (TPSA) is 47.0 Å². The van der Waals surface area contributed by atoms with Crippen LogP contribution in [-0.2, 0) is 0 Å². The highest BCUT2D eigenvalue weighted by molar-refractivity contribution is 5.91. The molecule has 0 amide bonds. The average molecular weight is 460 g/mol. The Morgan fingerprint density at radius 2 is 1.29 bits per heavy atom. The van der Waals surface area contributed by atoms with E-state index in [1.54, 1.807) is 6.07 Å². The number of aryl methyl sites for hydroxylation is 1. The summed E-state index contributed by atoms with van der Waals surface area (Å²) < 4.78 is 0. The Labute approximate surface area is 204 Å². The Hall–Kier alpha value is -3.47. The zero-order valence-corrected chi connectivity index (χ0v) is 21.5. The molecule has 0 aromatic heterocycles. The summed E-state index contributed by atoms with van der Waals surface area (Å²) in [6, 6.07) is 20.7. The van der Waals surface area contributed by atoms with Gasteiger partial charge in [-0.2, -0.15) is 0 Å². The predicted molar refractivity (Wildman–Crippen MR) is 144 cm³/mol. The Kier molecular flexibility index (Phi) is 7.87. The fraction of sp³-hybridized carbons (Fsp3) is 0.345. The van der Waals surface area contributed by atoms with Crippen LogP contribution < -0.4 is 14.7 Å². The van der Waals surface area contributed by atoms with Crippen LogP contribution in [0.25, 0.3) is 0 Å². The number of carbonyl (C=O) groups is 1. The smallest absolute Gasteiger partial charge is 0.336 e. The minimum atomic E-state index is -0.911. The van der Waals surface area contributed by atoms with Gasteiger partial charge in [0.2, 0.25) is 0 Å². The zero-order valence-electron chi connectivity index (χ0n) is 21.5. The standard InChI is InChI=1S/C29H37N3O2/c1-8-32(9-2)24-15-16-25(20(3)18-24)28(21-10-12-22(13-11-21)30(4)5)26-17-14-23(31(6)7)19-27(26)29(33)34/h10-19,28H,8-9H2,1-7H3,(H,33,34). The lowest BCUT2D eigenvalue weighted by Crippen LogP contribution is -2.22. The molecule has 3 aromatic rings. The second-order valence-electron chi connectivity index (χ2n) is 9.10. The molecule has 3 aromatic carbocycles. The van der Waals surface area contributed by atoms with Crippen molar-refractivity contribution in [1.82, 2.24) is 0 Å². The number of rotatable bonds is 9. The SMILES string of the molecule is CCN(CC)c1ccc(C(c2ccc(N(C)C)cc2)c2ccc(N(C)C)cc2C(=O)O)c(C)c1. The minimum absolute atomic E-state index is 0.190. The first-order valence-electron chi connectivity index (χ1n) is 11.8. The van der Waals surface area contributed by atoms with E-state index in [-0.39, 0.29) is 5.92 Å². The van der Waals surface area contributed by atoms with E-state index < -0.39 is 5.97 Å². The molecular formula is C29H37N3O2. The van der Waals surface area contributed by atoms with Gasteiger partial charge in [0.15, 0.2) is 0 Å². The predicted octanol–water partition coefficient (Wildman–Crippen LogP) is 5.85. The van der Waals surface area contributed by atoms with E-state index in [9.17, 15) is 9.90 Å². The lowest BCUT2D eigenvalue weighted by molar-refractivity contribution is 0.0695. The molecule has 0 heterocycles. The van der Waals surface area contributed by atoms with Crippen LogP contribution in [0.2, 0.25) is 0 Å². The van der Waals surface area contributed by atoms with Gasteiger partial charge in [0, 0.05) is 64.3 Å². The maximum absolute atomic E-state index is 12.4. The number of hydrogen-bond acceptors (Lipinski definition) is 4. The highest BCUT2D eigenvalue weighted by Gasteiger charge is 2.25. The Morgan fingerprint density at radius 1 is 0.765 bits per heavy atom. The van der Waals surface area contributed by atoms with E-state index >= 15 is 0 Å². The van der Waals surface area contributed by atoms with E-state index in [2.05, 4.69) is 73.0 Å². The molecule has 3 rings (SSSR count). The minimum Gasteiger partial charge on any atom is -0.478 e. The molecule has 0 spiro atoms. The van der Waals surface area contributed by atoms with Crippen molar-refractivity contribution < 1.29 is 9.90 Å². The normalized spacial score (nSPS) is 11.7. The molecule has 5 heteroatoms. The largest absolute Gasteiger partial charge is 0.478 e. The molecule has 0 saturated heterocycles. The summed E-state index contributed by atoms with van der Waals surface area (Å²) in [5, 5.41) is 10.1. The van der Waals surface area contributed by atoms with Gasteiger partial charge in [0.1, 0.15) is 0 Å². The molecular weight excluding hydrogens is 422 g/mol. The second kappa shape index (κ2) is 10.6. The Balaban J connectivity index is 2.24. The van der Waals surface area contributed by atoms with E-state index in [1.807, 2.05) is 45.2 Å². The molecule has 0 aliphatic rings. The third-order valence-corrected chi connectivity index (χ3v) is 6.53. The fourth-order valence-corrected chi connectivity index (χ4v) is 4.52. The third-order valence-electron chi connectivity index (χ3n) is 6.53. The van der Waals surface area contributed by atoms with Crippen LogP contribution in [0.4, 0.5) is 17.1 Å².